The second-order valence-electron chi connectivity index (χ2n) is 4.68. The van der Waals surface area contributed by atoms with Gasteiger partial charge in [-0.05, 0) is 51.7 Å². The fraction of sp³-hybridized carbons (Fsp3) is 0.867. The first-order valence-corrected chi connectivity index (χ1v) is 9.37. The first-order valence-electron chi connectivity index (χ1n) is 7.64. The molecule has 4 heteroatoms. The Balaban J connectivity index is 5.60. The molecule has 0 fully saturated rings. The van der Waals surface area contributed by atoms with E-state index in [1.807, 2.05) is 20.8 Å². The van der Waals surface area contributed by atoms with Crippen molar-refractivity contribution in [2.75, 3.05) is 19.8 Å². The molecule has 0 bridgehead atoms. The van der Waals surface area contributed by atoms with Gasteiger partial charge in [-0.1, -0.05) is 26.3 Å². The maximum Gasteiger partial charge on any atom is 0.532 e. The summed E-state index contributed by atoms with van der Waals surface area (Å²) in [4.78, 5) is 0. The van der Waals surface area contributed by atoms with Crippen molar-refractivity contribution in [2.45, 2.75) is 61.3 Å². The molecule has 0 rings (SSSR count). The average Bonchev–Trinajstić information content (AvgIpc) is 2.39. The highest BCUT2D eigenvalue weighted by Crippen LogP contribution is 2.30. The van der Waals surface area contributed by atoms with Crippen molar-refractivity contribution in [2.24, 2.45) is 5.92 Å². The number of allylic oxidation sites excluding steroid dienone is 2. The third-order valence-corrected chi connectivity index (χ3v) is 7.05. The van der Waals surface area contributed by atoms with Crippen molar-refractivity contribution < 1.29 is 13.3 Å². The Morgan fingerprint density at radius 3 is 1.58 bits per heavy atom. The molecule has 1 atom stereocenters. The third kappa shape index (κ3) is 5.03. The maximum absolute atomic E-state index is 6.02. The first kappa shape index (κ1) is 18.8. The standard InChI is InChI=1S/C15H32O3Si/c1-8-13(6)14(7)15(9-2)19(16-10-3,17-11-4)18-12-5/h13H,8-12H2,1-7H3. The number of rotatable bonds is 10. The largest absolute Gasteiger partial charge is 0.532 e. The van der Waals surface area contributed by atoms with Crippen LogP contribution in [-0.2, 0) is 13.3 Å². The van der Waals surface area contributed by atoms with Gasteiger partial charge in [0.2, 0.25) is 0 Å². The van der Waals surface area contributed by atoms with Crippen LogP contribution < -0.4 is 0 Å². The second-order valence-corrected chi connectivity index (χ2v) is 7.26. The Hall–Kier alpha value is -0.163. The summed E-state index contributed by atoms with van der Waals surface area (Å²) in [5, 5.41) is 1.27. The lowest BCUT2D eigenvalue weighted by Gasteiger charge is -2.32. The molecule has 0 aliphatic rings. The highest BCUT2D eigenvalue weighted by atomic mass is 28.4. The van der Waals surface area contributed by atoms with Crippen LogP contribution in [0.1, 0.15) is 61.3 Å². The van der Waals surface area contributed by atoms with Gasteiger partial charge in [-0.2, -0.15) is 0 Å². The molecule has 0 aromatic heterocycles. The van der Waals surface area contributed by atoms with Gasteiger partial charge in [-0.15, -0.1) is 0 Å². The molecular formula is C15H32O3Si. The van der Waals surface area contributed by atoms with E-state index in [2.05, 4.69) is 27.7 Å². The maximum atomic E-state index is 6.02. The zero-order chi connectivity index (χ0) is 14.9. The van der Waals surface area contributed by atoms with Gasteiger partial charge in [-0.25, -0.2) is 0 Å². The molecule has 0 aliphatic heterocycles. The fourth-order valence-electron chi connectivity index (χ4n) is 2.30. The molecule has 0 aromatic carbocycles. The fourth-order valence-corrected chi connectivity index (χ4v) is 5.37. The van der Waals surface area contributed by atoms with Crippen molar-refractivity contribution in [1.29, 1.82) is 0 Å². The zero-order valence-corrected chi connectivity index (χ0v) is 14.8. The van der Waals surface area contributed by atoms with E-state index in [4.69, 9.17) is 13.3 Å². The van der Waals surface area contributed by atoms with Crippen LogP contribution in [0.3, 0.4) is 0 Å². The minimum absolute atomic E-state index is 0.545. The van der Waals surface area contributed by atoms with E-state index in [1.165, 1.54) is 10.8 Å². The van der Waals surface area contributed by atoms with Crippen molar-refractivity contribution >= 4 is 8.80 Å². The molecule has 0 radical (unpaired) electrons. The van der Waals surface area contributed by atoms with E-state index in [1.54, 1.807) is 0 Å². The van der Waals surface area contributed by atoms with Gasteiger partial charge < -0.3 is 13.3 Å². The predicted molar refractivity (Wildman–Crippen MR) is 83.1 cm³/mol. The Bertz CT molecular complexity index is 260. The Morgan fingerprint density at radius 2 is 1.32 bits per heavy atom. The van der Waals surface area contributed by atoms with Crippen molar-refractivity contribution in [3.05, 3.63) is 10.8 Å². The average molecular weight is 289 g/mol. The van der Waals surface area contributed by atoms with Gasteiger partial charge in [0.15, 0.2) is 0 Å². The topological polar surface area (TPSA) is 27.7 Å². The summed E-state index contributed by atoms with van der Waals surface area (Å²) in [5.41, 5.74) is 1.38. The second kappa shape index (κ2) is 9.70. The molecule has 114 valence electrons. The van der Waals surface area contributed by atoms with Crippen LogP contribution in [0.4, 0.5) is 0 Å². The molecule has 0 saturated carbocycles. The molecule has 3 nitrogen and oxygen atoms in total. The number of hydrogen-bond acceptors (Lipinski definition) is 3. The van der Waals surface area contributed by atoms with Crippen molar-refractivity contribution in [3.63, 3.8) is 0 Å². The quantitative estimate of drug-likeness (QED) is 0.559. The Kier molecular flexibility index (Phi) is 9.61. The molecular weight excluding hydrogens is 256 g/mol. The van der Waals surface area contributed by atoms with Crippen LogP contribution in [0.15, 0.2) is 10.8 Å². The van der Waals surface area contributed by atoms with Gasteiger partial charge in [0.1, 0.15) is 0 Å². The first-order chi connectivity index (χ1) is 9.02. The monoisotopic (exact) mass is 288 g/mol. The van der Waals surface area contributed by atoms with Gasteiger partial charge >= 0.3 is 8.80 Å². The zero-order valence-electron chi connectivity index (χ0n) is 13.8. The minimum Gasteiger partial charge on any atom is -0.370 e. The van der Waals surface area contributed by atoms with Gasteiger partial charge in [0, 0.05) is 19.8 Å². The van der Waals surface area contributed by atoms with Crippen LogP contribution in [0.5, 0.6) is 0 Å². The predicted octanol–water partition coefficient (Wildman–Crippen LogP) is 4.35. The summed E-state index contributed by atoms with van der Waals surface area (Å²) < 4.78 is 18.0. The SMILES string of the molecule is CCO[Si](OCC)(OCC)C(CC)=C(C)C(C)CC. The Labute approximate surface area is 120 Å². The molecule has 0 N–H and O–H groups in total. The van der Waals surface area contributed by atoms with Crippen LogP contribution in [-0.4, -0.2) is 28.6 Å². The van der Waals surface area contributed by atoms with Crippen molar-refractivity contribution in [1.82, 2.24) is 0 Å². The molecule has 0 aliphatic carbocycles. The summed E-state index contributed by atoms with van der Waals surface area (Å²) in [6.45, 7) is 16.7. The normalized spacial score (nSPS) is 15.3. The van der Waals surface area contributed by atoms with E-state index in [0.717, 1.165) is 12.8 Å². The minimum atomic E-state index is -2.69. The summed E-state index contributed by atoms with van der Waals surface area (Å²) >= 11 is 0. The van der Waals surface area contributed by atoms with Gasteiger partial charge in [-0.3, -0.25) is 0 Å². The van der Waals surface area contributed by atoms with Gasteiger partial charge in [0.05, 0.1) is 0 Å². The van der Waals surface area contributed by atoms with Crippen LogP contribution in [0, 0.1) is 5.92 Å². The van der Waals surface area contributed by atoms with Crippen LogP contribution >= 0.6 is 0 Å². The van der Waals surface area contributed by atoms with E-state index in [0.29, 0.717) is 25.7 Å². The summed E-state index contributed by atoms with van der Waals surface area (Å²) in [6, 6.07) is 0. The Morgan fingerprint density at radius 1 is 0.895 bits per heavy atom. The van der Waals surface area contributed by atoms with E-state index in [9.17, 15) is 0 Å². The van der Waals surface area contributed by atoms with E-state index < -0.39 is 8.80 Å². The molecule has 0 heterocycles. The molecule has 0 aromatic rings. The smallest absolute Gasteiger partial charge is 0.370 e. The lowest BCUT2D eigenvalue weighted by atomic mass is 9.99. The highest BCUT2D eigenvalue weighted by Gasteiger charge is 2.45. The molecule has 0 amide bonds. The number of hydrogen-bond donors (Lipinski definition) is 0. The van der Waals surface area contributed by atoms with Crippen molar-refractivity contribution in [3.8, 4) is 0 Å². The van der Waals surface area contributed by atoms with Crippen LogP contribution in [0.25, 0.3) is 0 Å². The van der Waals surface area contributed by atoms with E-state index in [-0.39, 0.29) is 0 Å². The summed E-state index contributed by atoms with van der Waals surface area (Å²) in [6.07, 6.45) is 2.06. The molecule has 0 saturated heterocycles. The van der Waals surface area contributed by atoms with E-state index >= 15 is 0 Å². The third-order valence-electron chi connectivity index (χ3n) is 3.55. The summed E-state index contributed by atoms with van der Waals surface area (Å²) in [5.74, 6) is 0.545. The van der Waals surface area contributed by atoms with Gasteiger partial charge in [0.25, 0.3) is 0 Å². The lowest BCUT2D eigenvalue weighted by Crippen LogP contribution is -2.49. The highest BCUT2D eigenvalue weighted by molar-refractivity contribution is 6.69. The molecule has 19 heavy (non-hydrogen) atoms. The molecule has 1 unspecified atom stereocenters. The lowest BCUT2D eigenvalue weighted by molar-refractivity contribution is 0.0794. The van der Waals surface area contributed by atoms with Crippen LogP contribution in [0.2, 0.25) is 0 Å². The summed E-state index contributed by atoms with van der Waals surface area (Å²) in [7, 11) is -2.69. The molecule has 0 spiro atoms.